The molecule has 4 nitrogen and oxygen atoms in total. The molecule has 0 radical (unpaired) electrons. The average molecular weight is 294 g/mol. The van der Waals surface area contributed by atoms with Crippen LogP contribution in [0.2, 0.25) is 5.02 Å². The Hall–Kier alpha value is -2.14. The standard InChI is InChI=1S/C14H13ClFN3O/c15-10-5-6-12(17)19-13(10)14(20)18-8-7-9-3-1-2-4-11(9)16/h1-6H,7-8H2,(H2,17,19)(H,18,20). The van der Waals surface area contributed by atoms with E-state index in [-0.39, 0.29) is 28.9 Å². The van der Waals surface area contributed by atoms with E-state index in [1.165, 1.54) is 18.2 Å². The number of anilines is 1. The molecule has 0 bridgehead atoms. The summed E-state index contributed by atoms with van der Waals surface area (Å²) in [6, 6.07) is 9.44. The van der Waals surface area contributed by atoms with Gasteiger partial charge in [0.05, 0.1) is 5.02 Å². The summed E-state index contributed by atoms with van der Waals surface area (Å²) in [5, 5.41) is 2.86. The summed E-state index contributed by atoms with van der Waals surface area (Å²) in [6.45, 7) is 0.284. The second-order valence-electron chi connectivity index (χ2n) is 4.16. The van der Waals surface area contributed by atoms with Crippen LogP contribution in [-0.2, 0) is 6.42 Å². The lowest BCUT2D eigenvalue weighted by Crippen LogP contribution is -2.27. The van der Waals surface area contributed by atoms with E-state index in [0.717, 1.165) is 0 Å². The average Bonchev–Trinajstić information content (AvgIpc) is 2.43. The Morgan fingerprint density at radius 1 is 1.30 bits per heavy atom. The number of rotatable bonds is 4. The van der Waals surface area contributed by atoms with E-state index >= 15 is 0 Å². The predicted molar refractivity (Wildman–Crippen MR) is 76.1 cm³/mol. The number of carbonyl (C=O) groups excluding carboxylic acids is 1. The first-order valence-electron chi connectivity index (χ1n) is 6.01. The molecule has 1 amide bonds. The van der Waals surface area contributed by atoms with Crippen molar-refractivity contribution in [3.8, 4) is 0 Å². The summed E-state index contributed by atoms with van der Waals surface area (Å²) < 4.78 is 13.4. The van der Waals surface area contributed by atoms with Gasteiger partial charge in [0.25, 0.3) is 5.91 Å². The zero-order chi connectivity index (χ0) is 14.5. The van der Waals surface area contributed by atoms with Crippen molar-refractivity contribution in [1.29, 1.82) is 0 Å². The fourth-order valence-electron chi connectivity index (χ4n) is 1.71. The predicted octanol–water partition coefficient (Wildman–Crippen LogP) is 2.43. The van der Waals surface area contributed by atoms with Gasteiger partial charge in [-0.25, -0.2) is 9.37 Å². The Morgan fingerprint density at radius 3 is 2.80 bits per heavy atom. The number of hydrogen-bond donors (Lipinski definition) is 2. The first-order chi connectivity index (χ1) is 9.58. The van der Waals surface area contributed by atoms with Gasteiger partial charge in [0.2, 0.25) is 0 Å². The molecule has 2 rings (SSSR count). The highest BCUT2D eigenvalue weighted by molar-refractivity contribution is 6.33. The maximum atomic E-state index is 13.4. The SMILES string of the molecule is Nc1ccc(Cl)c(C(=O)NCCc2ccccc2F)n1. The van der Waals surface area contributed by atoms with Crippen molar-refractivity contribution < 1.29 is 9.18 Å². The Bertz CT molecular complexity index is 634. The molecule has 0 unspecified atom stereocenters. The lowest BCUT2D eigenvalue weighted by atomic mass is 10.1. The van der Waals surface area contributed by atoms with E-state index in [0.29, 0.717) is 12.0 Å². The Balaban J connectivity index is 1.96. The molecular formula is C14H13ClFN3O. The van der Waals surface area contributed by atoms with Crippen molar-refractivity contribution in [2.45, 2.75) is 6.42 Å². The fraction of sp³-hybridized carbons (Fsp3) is 0.143. The van der Waals surface area contributed by atoms with Gasteiger partial charge in [-0.1, -0.05) is 29.8 Å². The molecule has 0 aliphatic rings. The number of halogens is 2. The Labute approximate surface area is 120 Å². The number of carbonyl (C=O) groups is 1. The van der Waals surface area contributed by atoms with E-state index in [2.05, 4.69) is 10.3 Å². The number of amides is 1. The summed E-state index contributed by atoms with van der Waals surface area (Å²) in [5.74, 6) is -0.505. The number of nitrogens with zero attached hydrogens (tertiary/aromatic N) is 1. The van der Waals surface area contributed by atoms with Crippen molar-refractivity contribution in [2.24, 2.45) is 0 Å². The molecule has 6 heteroatoms. The van der Waals surface area contributed by atoms with Crippen molar-refractivity contribution in [3.63, 3.8) is 0 Å². The molecule has 0 saturated carbocycles. The number of aromatic nitrogens is 1. The number of nitrogens with one attached hydrogen (secondary N) is 1. The summed E-state index contributed by atoms with van der Waals surface area (Å²) in [4.78, 5) is 15.8. The van der Waals surface area contributed by atoms with Crippen molar-refractivity contribution in [3.05, 3.63) is 58.5 Å². The summed E-state index contributed by atoms with van der Waals surface area (Å²) in [6.07, 6.45) is 0.387. The maximum absolute atomic E-state index is 13.4. The van der Waals surface area contributed by atoms with E-state index in [9.17, 15) is 9.18 Å². The van der Waals surface area contributed by atoms with E-state index in [4.69, 9.17) is 17.3 Å². The van der Waals surface area contributed by atoms with Gasteiger partial charge in [-0.05, 0) is 30.2 Å². The molecule has 0 atom stereocenters. The van der Waals surface area contributed by atoms with Crippen LogP contribution in [0.4, 0.5) is 10.2 Å². The molecule has 1 heterocycles. The van der Waals surface area contributed by atoms with Gasteiger partial charge in [-0.2, -0.15) is 0 Å². The highest BCUT2D eigenvalue weighted by atomic mass is 35.5. The lowest BCUT2D eigenvalue weighted by molar-refractivity contribution is 0.0949. The molecule has 104 valence electrons. The number of pyridine rings is 1. The van der Waals surface area contributed by atoms with Crippen LogP contribution >= 0.6 is 11.6 Å². The minimum atomic E-state index is -0.432. The second-order valence-corrected chi connectivity index (χ2v) is 4.57. The van der Waals surface area contributed by atoms with Gasteiger partial charge in [-0.15, -0.1) is 0 Å². The molecule has 3 N–H and O–H groups in total. The summed E-state index contributed by atoms with van der Waals surface area (Å²) in [7, 11) is 0. The number of nitrogens with two attached hydrogens (primary N) is 1. The third kappa shape index (κ3) is 3.45. The zero-order valence-corrected chi connectivity index (χ0v) is 11.3. The van der Waals surface area contributed by atoms with Crippen LogP contribution in [0.1, 0.15) is 16.1 Å². The van der Waals surface area contributed by atoms with Crippen LogP contribution in [0.25, 0.3) is 0 Å². The third-order valence-corrected chi connectivity index (χ3v) is 3.03. The number of benzene rings is 1. The Morgan fingerprint density at radius 2 is 2.05 bits per heavy atom. The topological polar surface area (TPSA) is 68.0 Å². The third-order valence-electron chi connectivity index (χ3n) is 2.72. The largest absolute Gasteiger partial charge is 0.384 e. The molecule has 1 aromatic carbocycles. The fourth-order valence-corrected chi connectivity index (χ4v) is 1.90. The molecule has 0 spiro atoms. The van der Waals surface area contributed by atoms with Crippen molar-refractivity contribution in [1.82, 2.24) is 10.3 Å². The highest BCUT2D eigenvalue weighted by Gasteiger charge is 2.12. The van der Waals surface area contributed by atoms with Crippen LogP contribution < -0.4 is 11.1 Å². The first kappa shape index (κ1) is 14.3. The molecule has 0 saturated heterocycles. The van der Waals surface area contributed by atoms with Crippen LogP contribution in [0, 0.1) is 5.82 Å². The molecule has 2 aromatic rings. The summed E-state index contributed by atoms with van der Waals surface area (Å²) >= 11 is 5.87. The molecule has 0 aliphatic heterocycles. The second kappa shape index (κ2) is 6.34. The smallest absolute Gasteiger partial charge is 0.271 e. The van der Waals surface area contributed by atoms with Gasteiger partial charge in [-0.3, -0.25) is 4.79 Å². The van der Waals surface area contributed by atoms with Gasteiger partial charge >= 0.3 is 0 Å². The highest BCUT2D eigenvalue weighted by Crippen LogP contribution is 2.15. The number of hydrogen-bond acceptors (Lipinski definition) is 3. The number of nitrogen functional groups attached to an aromatic ring is 1. The van der Waals surface area contributed by atoms with Crippen LogP contribution in [0.3, 0.4) is 0 Å². The van der Waals surface area contributed by atoms with Crippen LogP contribution in [0.15, 0.2) is 36.4 Å². The molecular weight excluding hydrogens is 281 g/mol. The minimum absolute atomic E-state index is 0.0696. The normalized spacial score (nSPS) is 10.3. The molecule has 0 fully saturated rings. The van der Waals surface area contributed by atoms with E-state index < -0.39 is 5.91 Å². The first-order valence-corrected chi connectivity index (χ1v) is 6.39. The van der Waals surface area contributed by atoms with Crippen LogP contribution in [-0.4, -0.2) is 17.4 Å². The van der Waals surface area contributed by atoms with Gasteiger partial charge in [0, 0.05) is 6.54 Å². The quantitative estimate of drug-likeness (QED) is 0.910. The van der Waals surface area contributed by atoms with Crippen molar-refractivity contribution in [2.75, 3.05) is 12.3 Å². The Kier molecular flexibility index (Phi) is 4.53. The van der Waals surface area contributed by atoms with E-state index in [1.54, 1.807) is 18.2 Å². The van der Waals surface area contributed by atoms with Crippen LogP contribution in [0.5, 0.6) is 0 Å². The molecule has 0 aliphatic carbocycles. The van der Waals surface area contributed by atoms with Gasteiger partial charge in [0.1, 0.15) is 17.3 Å². The zero-order valence-electron chi connectivity index (χ0n) is 10.6. The van der Waals surface area contributed by atoms with E-state index in [1.807, 2.05) is 0 Å². The lowest BCUT2D eigenvalue weighted by Gasteiger charge is -2.07. The van der Waals surface area contributed by atoms with Gasteiger partial charge < -0.3 is 11.1 Å². The summed E-state index contributed by atoms with van der Waals surface area (Å²) in [5.41, 5.74) is 6.12. The minimum Gasteiger partial charge on any atom is -0.384 e. The molecule has 20 heavy (non-hydrogen) atoms. The maximum Gasteiger partial charge on any atom is 0.271 e. The molecule has 1 aromatic heterocycles. The monoisotopic (exact) mass is 293 g/mol. The van der Waals surface area contributed by atoms with Gasteiger partial charge in [0.15, 0.2) is 0 Å². The van der Waals surface area contributed by atoms with Crippen molar-refractivity contribution >= 4 is 23.3 Å².